The van der Waals surface area contributed by atoms with E-state index in [4.69, 9.17) is 21.6 Å². The lowest BCUT2D eigenvalue weighted by Crippen LogP contribution is -2.38. The fraction of sp³-hybridized carbons (Fsp3) is 0.240. The minimum atomic E-state index is -0.0561. The summed E-state index contributed by atoms with van der Waals surface area (Å²) in [5, 5.41) is 38.1. The van der Waals surface area contributed by atoms with Crippen LogP contribution in [0.3, 0.4) is 0 Å². The van der Waals surface area contributed by atoms with E-state index in [1.54, 1.807) is 28.3 Å². The number of hydrogen-bond acceptors (Lipinski definition) is 9. The molecule has 0 bridgehead atoms. The standard InChI is InChI=1S/C25H20ClN7OS2/c26-17-4-2-16(3-5-17)24-29-18(14-35-24)15-36-25-20(13-28)22(21-6-9-33(31-21)10-11-34)19(12-27)23(30-25)32-7-1-8-32/h2-6,9,14,34H,1,7-8,10-11,15H2. The second-order valence-corrected chi connectivity index (χ2v) is 10.3. The topological polar surface area (TPSA) is 115 Å². The van der Waals surface area contributed by atoms with E-state index < -0.39 is 0 Å². The van der Waals surface area contributed by atoms with Gasteiger partial charge >= 0.3 is 0 Å². The average molecular weight is 534 g/mol. The summed E-state index contributed by atoms with van der Waals surface area (Å²) in [6, 6.07) is 13.9. The maximum Gasteiger partial charge on any atom is 0.148 e. The first-order valence-corrected chi connectivity index (χ1v) is 13.5. The number of thiazole rings is 1. The van der Waals surface area contributed by atoms with Crippen molar-refractivity contribution in [3.05, 3.63) is 63.8 Å². The van der Waals surface area contributed by atoms with Gasteiger partial charge in [0.15, 0.2) is 0 Å². The van der Waals surface area contributed by atoms with Crippen molar-refractivity contribution in [3.63, 3.8) is 0 Å². The maximum atomic E-state index is 10.1. The number of pyridine rings is 1. The molecular formula is C25H20ClN7OS2. The number of nitrogens with zero attached hydrogens (tertiary/aromatic N) is 7. The van der Waals surface area contributed by atoms with Crippen LogP contribution in [0, 0.1) is 22.7 Å². The second kappa shape index (κ2) is 10.7. The highest BCUT2D eigenvalue weighted by molar-refractivity contribution is 7.98. The van der Waals surface area contributed by atoms with Crippen molar-refractivity contribution in [1.82, 2.24) is 19.7 Å². The van der Waals surface area contributed by atoms with Crippen molar-refractivity contribution in [1.29, 1.82) is 10.5 Å². The van der Waals surface area contributed by atoms with E-state index in [0.717, 1.165) is 35.8 Å². The summed E-state index contributed by atoms with van der Waals surface area (Å²) in [6.45, 7) is 1.90. The third kappa shape index (κ3) is 4.81. The molecule has 0 aliphatic carbocycles. The molecule has 5 rings (SSSR count). The first kappa shape index (κ1) is 24.3. The smallest absolute Gasteiger partial charge is 0.148 e. The Morgan fingerprint density at radius 1 is 1.08 bits per heavy atom. The molecule has 0 amide bonds. The number of aromatic nitrogens is 4. The van der Waals surface area contributed by atoms with E-state index in [2.05, 4.69) is 22.1 Å². The van der Waals surface area contributed by atoms with Crippen molar-refractivity contribution < 1.29 is 5.11 Å². The quantitative estimate of drug-likeness (QED) is 0.316. The molecule has 1 saturated heterocycles. The van der Waals surface area contributed by atoms with E-state index in [9.17, 15) is 15.6 Å². The zero-order valence-electron chi connectivity index (χ0n) is 19.1. The minimum absolute atomic E-state index is 0.0561. The Kier molecular flexibility index (Phi) is 7.21. The van der Waals surface area contributed by atoms with Crippen molar-refractivity contribution in [2.75, 3.05) is 24.6 Å². The molecule has 4 heterocycles. The summed E-state index contributed by atoms with van der Waals surface area (Å²) in [7, 11) is 0. The van der Waals surface area contributed by atoms with Crippen LogP contribution in [-0.2, 0) is 12.3 Å². The lowest BCUT2D eigenvalue weighted by Gasteiger charge is -2.33. The highest BCUT2D eigenvalue weighted by Crippen LogP contribution is 2.39. The predicted molar refractivity (Wildman–Crippen MR) is 141 cm³/mol. The van der Waals surface area contributed by atoms with Crippen LogP contribution in [0.15, 0.2) is 46.9 Å². The highest BCUT2D eigenvalue weighted by atomic mass is 35.5. The van der Waals surface area contributed by atoms with Gasteiger partial charge in [0.25, 0.3) is 0 Å². The van der Waals surface area contributed by atoms with E-state index in [1.165, 1.54) is 11.8 Å². The third-order valence-corrected chi connectivity index (χ3v) is 7.95. The molecule has 11 heteroatoms. The SMILES string of the molecule is N#Cc1c(SCc2csc(-c3ccc(Cl)cc3)n2)nc(N2CCC2)c(C#N)c1-c1ccn(CCO)n1. The first-order valence-electron chi connectivity index (χ1n) is 11.2. The van der Waals surface area contributed by atoms with E-state index in [0.29, 0.717) is 50.5 Å². The van der Waals surface area contributed by atoms with Gasteiger partial charge in [0.05, 0.1) is 30.1 Å². The van der Waals surface area contributed by atoms with Crippen LogP contribution in [0.1, 0.15) is 23.2 Å². The van der Waals surface area contributed by atoms with Crippen LogP contribution < -0.4 is 4.90 Å². The van der Waals surface area contributed by atoms with Gasteiger partial charge in [0.2, 0.25) is 0 Å². The number of rotatable bonds is 8. The molecule has 1 aliphatic heterocycles. The molecule has 36 heavy (non-hydrogen) atoms. The summed E-state index contributed by atoms with van der Waals surface area (Å²) < 4.78 is 1.60. The number of benzene rings is 1. The number of aliphatic hydroxyl groups is 1. The lowest BCUT2D eigenvalue weighted by molar-refractivity contribution is 0.269. The van der Waals surface area contributed by atoms with Gasteiger partial charge in [-0.25, -0.2) is 9.97 Å². The first-order chi connectivity index (χ1) is 17.6. The monoisotopic (exact) mass is 533 g/mol. The molecule has 0 unspecified atom stereocenters. The van der Waals surface area contributed by atoms with Crippen LogP contribution in [0.2, 0.25) is 5.02 Å². The Hall–Kier alpha value is -3.41. The Labute approximate surface area is 221 Å². The normalized spacial score (nSPS) is 12.7. The highest BCUT2D eigenvalue weighted by Gasteiger charge is 2.28. The summed E-state index contributed by atoms with van der Waals surface area (Å²) >= 11 is 8.98. The molecule has 180 valence electrons. The second-order valence-electron chi connectivity index (χ2n) is 8.06. The average Bonchev–Trinajstić information content (AvgIpc) is 3.52. The van der Waals surface area contributed by atoms with Gasteiger partial charge in [-0.15, -0.1) is 11.3 Å². The fourth-order valence-corrected chi connectivity index (χ4v) is 5.77. The molecule has 0 atom stereocenters. The number of anilines is 1. The van der Waals surface area contributed by atoms with Crippen LogP contribution in [-0.4, -0.2) is 44.6 Å². The molecule has 8 nitrogen and oxygen atoms in total. The summed E-state index contributed by atoms with van der Waals surface area (Å²) in [5.74, 6) is 1.10. The largest absolute Gasteiger partial charge is 0.394 e. The van der Waals surface area contributed by atoms with E-state index in [1.807, 2.05) is 29.6 Å². The fourth-order valence-electron chi connectivity index (χ4n) is 3.84. The van der Waals surface area contributed by atoms with Gasteiger partial charge in [0.1, 0.15) is 33.6 Å². The van der Waals surface area contributed by atoms with Crippen molar-refractivity contribution in [2.45, 2.75) is 23.7 Å². The number of hydrogen-bond donors (Lipinski definition) is 1. The molecule has 1 fully saturated rings. The predicted octanol–water partition coefficient (Wildman–Crippen LogP) is 4.96. The summed E-state index contributed by atoms with van der Waals surface area (Å²) in [5.41, 5.74) is 3.55. The Morgan fingerprint density at radius 3 is 2.53 bits per heavy atom. The van der Waals surface area contributed by atoms with Crippen LogP contribution in [0.25, 0.3) is 21.8 Å². The zero-order chi connectivity index (χ0) is 25.1. The number of thioether (sulfide) groups is 1. The lowest BCUT2D eigenvalue weighted by atomic mass is 10.0. The number of nitriles is 2. The van der Waals surface area contributed by atoms with E-state index in [-0.39, 0.29) is 6.61 Å². The minimum Gasteiger partial charge on any atom is -0.394 e. The summed E-state index contributed by atoms with van der Waals surface area (Å²) in [6.07, 6.45) is 2.76. The number of halogens is 1. The Bertz CT molecular complexity index is 1480. The van der Waals surface area contributed by atoms with Gasteiger partial charge in [-0.05, 0) is 24.6 Å². The molecule has 1 aliphatic rings. The molecule has 1 aromatic carbocycles. The molecule has 0 spiro atoms. The van der Waals surface area contributed by atoms with E-state index >= 15 is 0 Å². The molecule has 4 aromatic rings. The molecule has 3 aromatic heterocycles. The maximum absolute atomic E-state index is 10.1. The molecule has 0 radical (unpaired) electrons. The molecule has 0 saturated carbocycles. The Balaban J connectivity index is 1.51. The van der Waals surface area contributed by atoms with Crippen molar-refractivity contribution >= 4 is 40.5 Å². The van der Waals surface area contributed by atoms with Crippen molar-refractivity contribution in [3.8, 4) is 34.0 Å². The van der Waals surface area contributed by atoms with Crippen LogP contribution >= 0.6 is 34.7 Å². The van der Waals surface area contributed by atoms with Gasteiger partial charge in [-0.1, -0.05) is 35.5 Å². The summed E-state index contributed by atoms with van der Waals surface area (Å²) in [4.78, 5) is 11.6. The Morgan fingerprint density at radius 2 is 1.86 bits per heavy atom. The molecule has 1 N–H and O–H groups in total. The number of aliphatic hydroxyl groups excluding tert-OH is 1. The van der Waals surface area contributed by atoms with Gasteiger partial charge < -0.3 is 10.0 Å². The van der Waals surface area contributed by atoms with Crippen LogP contribution in [0.5, 0.6) is 0 Å². The van der Waals surface area contributed by atoms with Crippen molar-refractivity contribution in [2.24, 2.45) is 0 Å². The third-order valence-electron chi connectivity index (χ3n) is 5.75. The van der Waals surface area contributed by atoms with Gasteiger partial charge in [-0.2, -0.15) is 15.6 Å². The van der Waals surface area contributed by atoms with Gasteiger partial charge in [0, 0.05) is 46.6 Å². The molecular weight excluding hydrogens is 514 g/mol. The van der Waals surface area contributed by atoms with Crippen LogP contribution in [0.4, 0.5) is 5.82 Å². The van der Waals surface area contributed by atoms with Gasteiger partial charge in [-0.3, -0.25) is 4.68 Å². The zero-order valence-corrected chi connectivity index (χ0v) is 21.4.